The topological polar surface area (TPSA) is 48.4 Å². The monoisotopic (exact) mass is 313 g/mol. The van der Waals surface area contributed by atoms with Gasteiger partial charge in [0.25, 0.3) is 0 Å². The van der Waals surface area contributed by atoms with E-state index in [1.807, 2.05) is 35.7 Å². The van der Waals surface area contributed by atoms with Crippen molar-refractivity contribution in [2.75, 3.05) is 13.7 Å². The van der Waals surface area contributed by atoms with Crippen LogP contribution in [-0.2, 0) is 4.74 Å². The van der Waals surface area contributed by atoms with E-state index in [1.54, 1.807) is 31.6 Å². The highest BCUT2D eigenvalue weighted by molar-refractivity contribution is 7.13. The summed E-state index contributed by atoms with van der Waals surface area (Å²) in [6.07, 6.45) is 1.76. The Balaban J connectivity index is 2.24. The van der Waals surface area contributed by atoms with Gasteiger partial charge in [-0.3, -0.25) is 0 Å². The first-order valence-corrected chi connectivity index (χ1v) is 7.79. The molecule has 0 fully saturated rings. The van der Waals surface area contributed by atoms with Gasteiger partial charge in [0.2, 0.25) is 0 Å². The van der Waals surface area contributed by atoms with Crippen LogP contribution in [0.15, 0.2) is 41.9 Å². The third-order valence-corrected chi connectivity index (χ3v) is 4.14. The van der Waals surface area contributed by atoms with Gasteiger partial charge in [-0.05, 0) is 48.0 Å². The molecule has 3 aromatic rings. The fourth-order valence-electron chi connectivity index (χ4n) is 2.34. The molecule has 1 aromatic heterocycles. The van der Waals surface area contributed by atoms with E-state index in [9.17, 15) is 4.79 Å². The molecule has 0 bridgehead atoms. The van der Waals surface area contributed by atoms with Gasteiger partial charge < -0.3 is 9.47 Å². The Labute approximate surface area is 132 Å². The fraction of sp³-hybridized carbons (Fsp3) is 0.176. The number of carbonyl (C=O) groups is 1. The molecule has 2 aromatic carbocycles. The van der Waals surface area contributed by atoms with Crippen LogP contribution in [0, 0.1) is 0 Å². The van der Waals surface area contributed by atoms with E-state index >= 15 is 0 Å². The second-order valence-corrected chi connectivity index (χ2v) is 5.56. The number of methoxy groups -OCH3 is 1. The number of nitrogens with zero attached hydrogens (tertiary/aromatic N) is 1. The summed E-state index contributed by atoms with van der Waals surface area (Å²) in [4.78, 5) is 16.5. The molecular weight excluding hydrogens is 298 g/mol. The Kier molecular flexibility index (Phi) is 4.06. The molecule has 0 saturated carbocycles. The third kappa shape index (κ3) is 2.67. The predicted octanol–water partition coefficient (Wildman–Crippen LogP) is 4.15. The number of benzene rings is 2. The van der Waals surface area contributed by atoms with E-state index in [4.69, 9.17) is 9.47 Å². The number of aromatic nitrogens is 1. The van der Waals surface area contributed by atoms with Crippen molar-refractivity contribution in [3.8, 4) is 16.3 Å². The van der Waals surface area contributed by atoms with E-state index in [0.717, 1.165) is 27.1 Å². The average Bonchev–Trinajstić information content (AvgIpc) is 3.07. The van der Waals surface area contributed by atoms with Gasteiger partial charge in [0.1, 0.15) is 10.8 Å². The molecule has 0 saturated heterocycles. The highest BCUT2D eigenvalue weighted by atomic mass is 32.1. The lowest BCUT2D eigenvalue weighted by Crippen LogP contribution is -2.05. The molecule has 4 nitrogen and oxygen atoms in total. The second-order valence-electron chi connectivity index (χ2n) is 4.67. The Hall–Kier alpha value is -2.40. The lowest BCUT2D eigenvalue weighted by molar-refractivity contribution is 0.0526. The third-order valence-electron chi connectivity index (χ3n) is 3.33. The lowest BCUT2D eigenvalue weighted by Gasteiger charge is -2.10. The molecule has 5 heteroatoms. The maximum absolute atomic E-state index is 12.1. The molecule has 0 aliphatic rings. The van der Waals surface area contributed by atoms with Crippen LogP contribution in [0.3, 0.4) is 0 Å². The molecule has 0 amide bonds. The maximum atomic E-state index is 12.1. The number of carbonyl (C=O) groups excluding carboxylic acids is 1. The number of hydrogen-bond donors (Lipinski definition) is 0. The van der Waals surface area contributed by atoms with Crippen molar-refractivity contribution in [1.29, 1.82) is 0 Å². The zero-order valence-electron chi connectivity index (χ0n) is 12.3. The molecule has 0 atom stereocenters. The summed E-state index contributed by atoms with van der Waals surface area (Å²) in [7, 11) is 1.62. The van der Waals surface area contributed by atoms with Crippen molar-refractivity contribution in [1.82, 2.24) is 4.98 Å². The molecule has 0 radical (unpaired) electrons. The van der Waals surface area contributed by atoms with Crippen LogP contribution >= 0.6 is 11.3 Å². The van der Waals surface area contributed by atoms with E-state index < -0.39 is 0 Å². The molecular formula is C17H15NO3S. The van der Waals surface area contributed by atoms with Crippen LogP contribution in [0.25, 0.3) is 21.3 Å². The van der Waals surface area contributed by atoms with Crippen molar-refractivity contribution < 1.29 is 14.3 Å². The van der Waals surface area contributed by atoms with E-state index in [0.29, 0.717) is 12.2 Å². The van der Waals surface area contributed by atoms with Crippen LogP contribution < -0.4 is 4.74 Å². The summed E-state index contributed by atoms with van der Waals surface area (Å²) in [5.74, 6) is 0.420. The van der Waals surface area contributed by atoms with Crippen LogP contribution in [0.2, 0.25) is 0 Å². The van der Waals surface area contributed by atoms with Gasteiger partial charge in [-0.2, -0.15) is 0 Å². The molecule has 0 aliphatic heterocycles. The molecule has 3 rings (SSSR count). The second kappa shape index (κ2) is 6.15. The zero-order chi connectivity index (χ0) is 15.5. The van der Waals surface area contributed by atoms with Crippen molar-refractivity contribution >= 4 is 28.1 Å². The largest absolute Gasteiger partial charge is 0.497 e. The number of thiazole rings is 1. The standard InChI is InChI=1S/C17H15NO3S/c1-3-21-17(19)12-8-11-9-13(20-2)4-5-14(11)15(10-12)16-18-6-7-22-16/h4-10H,3H2,1-2H3. The first-order chi connectivity index (χ1) is 10.7. The van der Waals surface area contributed by atoms with Crippen molar-refractivity contribution in [2.24, 2.45) is 0 Å². The van der Waals surface area contributed by atoms with Crippen LogP contribution in [0.1, 0.15) is 17.3 Å². The number of rotatable bonds is 4. The van der Waals surface area contributed by atoms with Gasteiger partial charge in [0.05, 0.1) is 19.3 Å². The molecule has 0 spiro atoms. The van der Waals surface area contributed by atoms with Gasteiger partial charge in [0, 0.05) is 17.1 Å². The Bertz CT molecular complexity index is 812. The van der Waals surface area contributed by atoms with Gasteiger partial charge in [-0.25, -0.2) is 9.78 Å². The molecule has 22 heavy (non-hydrogen) atoms. The Morgan fingerprint density at radius 3 is 2.82 bits per heavy atom. The predicted molar refractivity (Wildman–Crippen MR) is 87.6 cm³/mol. The average molecular weight is 313 g/mol. The van der Waals surface area contributed by atoms with Gasteiger partial charge in [-0.15, -0.1) is 11.3 Å². The van der Waals surface area contributed by atoms with Crippen molar-refractivity contribution in [3.63, 3.8) is 0 Å². The summed E-state index contributed by atoms with van der Waals surface area (Å²) < 4.78 is 10.4. The van der Waals surface area contributed by atoms with Gasteiger partial charge in [-0.1, -0.05) is 0 Å². The summed E-state index contributed by atoms with van der Waals surface area (Å²) in [6.45, 7) is 2.14. The van der Waals surface area contributed by atoms with Crippen LogP contribution in [0.5, 0.6) is 5.75 Å². The SMILES string of the molecule is CCOC(=O)c1cc(-c2nccs2)c2ccc(OC)cc2c1. The smallest absolute Gasteiger partial charge is 0.338 e. The summed E-state index contributed by atoms with van der Waals surface area (Å²) in [5, 5.41) is 4.75. The van der Waals surface area contributed by atoms with E-state index in [-0.39, 0.29) is 5.97 Å². The number of ether oxygens (including phenoxy) is 2. The van der Waals surface area contributed by atoms with E-state index in [2.05, 4.69) is 4.98 Å². The molecule has 0 aliphatic carbocycles. The first-order valence-electron chi connectivity index (χ1n) is 6.91. The lowest BCUT2D eigenvalue weighted by atomic mass is 10.0. The number of hydrogen-bond acceptors (Lipinski definition) is 5. The minimum Gasteiger partial charge on any atom is -0.497 e. The normalized spacial score (nSPS) is 10.6. The Morgan fingerprint density at radius 1 is 1.27 bits per heavy atom. The molecule has 112 valence electrons. The summed E-state index contributed by atoms with van der Waals surface area (Å²) >= 11 is 1.54. The van der Waals surface area contributed by atoms with Crippen molar-refractivity contribution in [2.45, 2.75) is 6.92 Å². The Morgan fingerprint density at radius 2 is 2.14 bits per heavy atom. The highest BCUT2D eigenvalue weighted by Gasteiger charge is 2.14. The van der Waals surface area contributed by atoms with Crippen LogP contribution in [0.4, 0.5) is 0 Å². The minimum absolute atomic E-state index is 0.329. The maximum Gasteiger partial charge on any atom is 0.338 e. The zero-order valence-corrected chi connectivity index (χ0v) is 13.1. The minimum atomic E-state index is -0.329. The quantitative estimate of drug-likeness (QED) is 0.679. The molecule has 0 N–H and O–H groups in total. The number of esters is 1. The fourth-order valence-corrected chi connectivity index (χ4v) is 3.01. The molecule has 0 unspecified atom stereocenters. The first kappa shape index (κ1) is 14.5. The highest BCUT2D eigenvalue weighted by Crippen LogP contribution is 2.33. The molecule has 1 heterocycles. The summed E-state index contributed by atoms with van der Waals surface area (Å²) in [5.41, 5.74) is 1.45. The van der Waals surface area contributed by atoms with Gasteiger partial charge in [0.15, 0.2) is 0 Å². The number of fused-ring (bicyclic) bond motifs is 1. The van der Waals surface area contributed by atoms with Crippen LogP contribution in [-0.4, -0.2) is 24.7 Å². The van der Waals surface area contributed by atoms with E-state index in [1.165, 1.54) is 0 Å². The van der Waals surface area contributed by atoms with Crippen molar-refractivity contribution in [3.05, 3.63) is 47.5 Å². The summed E-state index contributed by atoms with van der Waals surface area (Å²) in [6, 6.07) is 9.47. The van der Waals surface area contributed by atoms with Gasteiger partial charge >= 0.3 is 5.97 Å².